The number of nitrogens with zero attached hydrogens (tertiary/aromatic N) is 1. The molecule has 0 bridgehead atoms. The lowest BCUT2D eigenvalue weighted by Gasteiger charge is -2.00. The standard InChI is InChI=1S/C13H14N2O3/c1-3-17-13(16)15-14-9(2)12-8-10-6-4-5-7-11(10)18-12/h4-8H,3H2,1-2H3,(H,15,16)/b14-9-. The number of amides is 1. The summed E-state index contributed by atoms with van der Waals surface area (Å²) in [4.78, 5) is 11.1. The zero-order valence-corrected chi connectivity index (χ0v) is 10.3. The molecule has 0 saturated carbocycles. The van der Waals surface area contributed by atoms with E-state index in [0.29, 0.717) is 18.1 Å². The molecule has 0 fully saturated rings. The van der Waals surface area contributed by atoms with Crippen LogP contribution in [0.5, 0.6) is 0 Å². The summed E-state index contributed by atoms with van der Waals surface area (Å²) in [5.41, 5.74) is 3.67. The molecule has 0 spiro atoms. The molecule has 5 nitrogen and oxygen atoms in total. The molecule has 5 heteroatoms. The van der Waals surface area contributed by atoms with Gasteiger partial charge in [0, 0.05) is 5.39 Å². The van der Waals surface area contributed by atoms with Crippen LogP contribution in [-0.2, 0) is 4.74 Å². The Morgan fingerprint density at radius 1 is 1.44 bits per heavy atom. The molecule has 1 aromatic heterocycles. The lowest BCUT2D eigenvalue weighted by atomic mass is 10.2. The maximum Gasteiger partial charge on any atom is 0.427 e. The molecule has 1 aromatic carbocycles. The summed E-state index contributed by atoms with van der Waals surface area (Å²) in [5, 5.41) is 4.90. The van der Waals surface area contributed by atoms with E-state index in [-0.39, 0.29) is 0 Å². The van der Waals surface area contributed by atoms with Gasteiger partial charge < -0.3 is 9.15 Å². The van der Waals surface area contributed by atoms with Gasteiger partial charge in [-0.1, -0.05) is 18.2 Å². The van der Waals surface area contributed by atoms with Crippen LogP contribution in [0.4, 0.5) is 4.79 Å². The Labute approximate surface area is 104 Å². The summed E-state index contributed by atoms with van der Waals surface area (Å²) >= 11 is 0. The van der Waals surface area contributed by atoms with Crippen LogP contribution in [0, 0.1) is 0 Å². The highest BCUT2D eigenvalue weighted by Crippen LogP contribution is 2.19. The number of carbonyl (C=O) groups excluding carboxylic acids is 1. The van der Waals surface area contributed by atoms with Crippen LogP contribution < -0.4 is 5.43 Å². The van der Waals surface area contributed by atoms with Gasteiger partial charge in [0.2, 0.25) is 0 Å². The topological polar surface area (TPSA) is 63.8 Å². The normalized spacial score (nSPS) is 11.6. The molecule has 0 aliphatic carbocycles. The Morgan fingerprint density at radius 2 is 2.22 bits per heavy atom. The molecular weight excluding hydrogens is 232 g/mol. The number of ether oxygens (including phenoxy) is 1. The summed E-state index contributed by atoms with van der Waals surface area (Å²) < 4.78 is 10.3. The fourth-order valence-corrected chi connectivity index (χ4v) is 1.51. The molecule has 0 radical (unpaired) electrons. The second kappa shape index (κ2) is 5.35. The van der Waals surface area contributed by atoms with E-state index in [4.69, 9.17) is 9.15 Å². The van der Waals surface area contributed by atoms with E-state index in [1.807, 2.05) is 30.3 Å². The number of nitrogens with one attached hydrogen (secondary N) is 1. The number of hydrogen-bond acceptors (Lipinski definition) is 4. The SMILES string of the molecule is CCOC(=O)N/N=C(/C)c1cc2ccccc2o1. The zero-order chi connectivity index (χ0) is 13.0. The average Bonchev–Trinajstić information content (AvgIpc) is 2.80. The summed E-state index contributed by atoms with van der Waals surface area (Å²) in [6, 6.07) is 9.55. The Morgan fingerprint density at radius 3 is 2.94 bits per heavy atom. The minimum atomic E-state index is -0.576. The minimum absolute atomic E-state index is 0.311. The number of hydrazone groups is 1. The van der Waals surface area contributed by atoms with Gasteiger partial charge in [-0.25, -0.2) is 10.2 Å². The van der Waals surface area contributed by atoms with E-state index in [1.54, 1.807) is 13.8 Å². The monoisotopic (exact) mass is 246 g/mol. The first-order chi connectivity index (χ1) is 8.70. The molecule has 0 unspecified atom stereocenters. The highest BCUT2D eigenvalue weighted by atomic mass is 16.5. The number of para-hydroxylation sites is 1. The van der Waals surface area contributed by atoms with Crippen LogP contribution in [0.15, 0.2) is 39.9 Å². The maximum atomic E-state index is 11.1. The molecule has 18 heavy (non-hydrogen) atoms. The second-order valence-corrected chi connectivity index (χ2v) is 3.68. The largest absolute Gasteiger partial charge is 0.455 e. The smallest absolute Gasteiger partial charge is 0.427 e. The average molecular weight is 246 g/mol. The Hall–Kier alpha value is -2.30. The first-order valence-corrected chi connectivity index (χ1v) is 5.66. The van der Waals surface area contributed by atoms with Crippen molar-refractivity contribution in [2.75, 3.05) is 6.61 Å². The molecule has 94 valence electrons. The maximum absolute atomic E-state index is 11.1. The van der Waals surface area contributed by atoms with Crippen molar-refractivity contribution in [1.29, 1.82) is 0 Å². The van der Waals surface area contributed by atoms with E-state index >= 15 is 0 Å². The molecular formula is C13H14N2O3. The van der Waals surface area contributed by atoms with Gasteiger partial charge in [-0.3, -0.25) is 0 Å². The van der Waals surface area contributed by atoms with Crippen molar-refractivity contribution >= 4 is 22.8 Å². The predicted octanol–water partition coefficient (Wildman–Crippen LogP) is 2.90. The van der Waals surface area contributed by atoms with E-state index in [9.17, 15) is 4.79 Å². The lowest BCUT2D eigenvalue weighted by molar-refractivity contribution is 0.152. The third-order valence-corrected chi connectivity index (χ3v) is 2.37. The fraction of sp³-hybridized carbons (Fsp3) is 0.231. The highest BCUT2D eigenvalue weighted by molar-refractivity contribution is 6.00. The Kier molecular flexibility index (Phi) is 3.62. The van der Waals surface area contributed by atoms with Gasteiger partial charge in [0.25, 0.3) is 0 Å². The molecule has 2 rings (SSSR count). The second-order valence-electron chi connectivity index (χ2n) is 3.68. The fourth-order valence-electron chi connectivity index (χ4n) is 1.51. The molecule has 0 aliphatic heterocycles. The van der Waals surface area contributed by atoms with Crippen molar-refractivity contribution in [3.8, 4) is 0 Å². The van der Waals surface area contributed by atoms with Crippen LogP contribution in [0.2, 0.25) is 0 Å². The molecule has 1 N–H and O–H groups in total. The van der Waals surface area contributed by atoms with Crippen LogP contribution in [0.3, 0.4) is 0 Å². The third kappa shape index (κ3) is 2.68. The number of benzene rings is 1. The van der Waals surface area contributed by atoms with Crippen LogP contribution >= 0.6 is 0 Å². The summed E-state index contributed by atoms with van der Waals surface area (Å²) in [6.45, 7) is 3.80. The number of furan rings is 1. The first kappa shape index (κ1) is 12.2. The first-order valence-electron chi connectivity index (χ1n) is 5.66. The van der Waals surface area contributed by atoms with Crippen LogP contribution in [0.1, 0.15) is 19.6 Å². The van der Waals surface area contributed by atoms with Crippen molar-refractivity contribution in [2.24, 2.45) is 5.10 Å². The molecule has 0 atom stereocenters. The lowest BCUT2D eigenvalue weighted by Crippen LogP contribution is -2.20. The Bertz CT molecular complexity index is 554. The highest BCUT2D eigenvalue weighted by Gasteiger charge is 2.06. The van der Waals surface area contributed by atoms with Gasteiger partial charge in [0.1, 0.15) is 11.3 Å². The predicted molar refractivity (Wildman–Crippen MR) is 68.6 cm³/mol. The van der Waals surface area contributed by atoms with E-state index in [0.717, 1.165) is 11.0 Å². The summed E-state index contributed by atoms with van der Waals surface area (Å²) in [5.74, 6) is 0.619. The Balaban J connectivity index is 2.15. The number of carbonyl (C=O) groups is 1. The van der Waals surface area contributed by atoms with Crippen molar-refractivity contribution in [3.63, 3.8) is 0 Å². The summed E-state index contributed by atoms with van der Waals surface area (Å²) in [7, 11) is 0. The third-order valence-electron chi connectivity index (χ3n) is 2.37. The van der Waals surface area contributed by atoms with Gasteiger partial charge >= 0.3 is 6.09 Å². The van der Waals surface area contributed by atoms with E-state index in [1.165, 1.54) is 0 Å². The number of hydrogen-bond donors (Lipinski definition) is 1. The molecule has 1 heterocycles. The van der Waals surface area contributed by atoms with Crippen molar-refractivity contribution in [2.45, 2.75) is 13.8 Å². The van der Waals surface area contributed by atoms with Crippen LogP contribution in [0.25, 0.3) is 11.0 Å². The minimum Gasteiger partial charge on any atom is -0.455 e. The molecule has 2 aromatic rings. The molecule has 1 amide bonds. The number of rotatable bonds is 3. The van der Waals surface area contributed by atoms with Gasteiger partial charge in [0.05, 0.1) is 6.61 Å². The van der Waals surface area contributed by atoms with Crippen LogP contribution in [-0.4, -0.2) is 18.4 Å². The summed E-state index contributed by atoms with van der Waals surface area (Å²) in [6.07, 6.45) is -0.576. The van der Waals surface area contributed by atoms with E-state index < -0.39 is 6.09 Å². The zero-order valence-electron chi connectivity index (χ0n) is 10.3. The van der Waals surface area contributed by atoms with Gasteiger partial charge in [-0.15, -0.1) is 0 Å². The van der Waals surface area contributed by atoms with E-state index in [2.05, 4.69) is 10.5 Å². The van der Waals surface area contributed by atoms with Crippen molar-refractivity contribution < 1.29 is 13.9 Å². The molecule has 0 saturated heterocycles. The number of fused-ring (bicyclic) bond motifs is 1. The van der Waals surface area contributed by atoms with Crippen molar-refractivity contribution in [3.05, 3.63) is 36.1 Å². The van der Waals surface area contributed by atoms with Crippen molar-refractivity contribution in [1.82, 2.24) is 5.43 Å². The van der Waals surface area contributed by atoms with Gasteiger partial charge in [-0.2, -0.15) is 5.10 Å². The van der Waals surface area contributed by atoms with Gasteiger partial charge in [0.15, 0.2) is 5.76 Å². The molecule has 0 aliphatic rings. The quantitative estimate of drug-likeness (QED) is 0.669. The van der Waals surface area contributed by atoms with Gasteiger partial charge in [-0.05, 0) is 26.0 Å².